The molecular formula is C34H35Cl2N3O5S. The summed E-state index contributed by atoms with van der Waals surface area (Å²) in [7, 11) is -4.22. The molecule has 0 aliphatic carbocycles. The van der Waals surface area contributed by atoms with E-state index in [4.69, 9.17) is 27.9 Å². The second kappa shape index (κ2) is 15.3. The molecule has 0 aromatic heterocycles. The Balaban J connectivity index is 1.74. The zero-order valence-electron chi connectivity index (χ0n) is 25.2. The van der Waals surface area contributed by atoms with Gasteiger partial charge in [0.2, 0.25) is 11.8 Å². The maximum atomic E-state index is 14.3. The number of halogens is 2. The van der Waals surface area contributed by atoms with Gasteiger partial charge < -0.3 is 15.0 Å². The summed E-state index contributed by atoms with van der Waals surface area (Å²) in [5, 5.41) is 3.51. The molecule has 0 saturated carbocycles. The van der Waals surface area contributed by atoms with Crippen LogP contribution in [0.4, 0.5) is 5.69 Å². The van der Waals surface area contributed by atoms with Crippen LogP contribution in [0.25, 0.3) is 0 Å². The molecule has 0 fully saturated rings. The number of nitrogens with zero attached hydrogens (tertiary/aromatic N) is 2. The van der Waals surface area contributed by atoms with Gasteiger partial charge in [-0.05, 0) is 80.9 Å². The number of anilines is 1. The van der Waals surface area contributed by atoms with Gasteiger partial charge in [0.15, 0.2) is 0 Å². The van der Waals surface area contributed by atoms with E-state index >= 15 is 0 Å². The monoisotopic (exact) mass is 667 g/mol. The standard InChI is InChI=1S/C34H35Cl2N3O5S/c1-4-32(34(41)37-24(2)3)38(22-29-30(35)16-11-17-31(29)36)33(40)23-39(45(42,43)28-14-9-6-10-15-28)25-18-20-27(21-19-25)44-26-12-7-5-8-13-26/h5-21,24,32H,4,22-23H2,1-3H3,(H,37,41)/t32-/m1/s1. The lowest BCUT2D eigenvalue weighted by Gasteiger charge is -2.34. The summed E-state index contributed by atoms with van der Waals surface area (Å²) in [6, 6.07) is 27.3. The average Bonchev–Trinajstić information content (AvgIpc) is 3.02. The first-order valence-corrected chi connectivity index (χ1v) is 16.6. The molecule has 0 aliphatic heterocycles. The summed E-state index contributed by atoms with van der Waals surface area (Å²) in [6.07, 6.45) is 0.267. The van der Waals surface area contributed by atoms with Crippen LogP contribution in [0.3, 0.4) is 0 Å². The second-order valence-electron chi connectivity index (χ2n) is 10.5. The zero-order chi connectivity index (χ0) is 32.6. The van der Waals surface area contributed by atoms with Crippen molar-refractivity contribution >= 4 is 50.7 Å². The molecule has 0 heterocycles. The summed E-state index contributed by atoms with van der Waals surface area (Å²) >= 11 is 13.0. The van der Waals surface area contributed by atoms with E-state index in [1.807, 2.05) is 32.0 Å². The highest BCUT2D eigenvalue weighted by Gasteiger charge is 2.34. The first-order valence-electron chi connectivity index (χ1n) is 14.4. The third-order valence-corrected chi connectivity index (χ3v) is 9.42. The SMILES string of the molecule is CC[C@H](C(=O)NC(C)C)N(Cc1c(Cl)cccc1Cl)C(=O)CN(c1ccc(Oc2ccccc2)cc1)S(=O)(=O)c1ccccc1. The third kappa shape index (κ3) is 8.57. The largest absolute Gasteiger partial charge is 0.457 e. The number of rotatable bonds is 13. The number of carbonyl (C=O) groups excluding carboxylic acids is 2. The number of hydrogen-bond acceptors (Lipinski definition) is 5. The van der Waals surface area contributed by atoms with Crippen molar-refractivity contribution in [2.45, 2.75) is 50.7 Å². The van der Waals surface area contributed by atoms with Crippen LogP contribution >= 0.6 is 23.2 Å². The predicted octanol–water partition coefficient (Wildman–Crippen LogP) is 7.31. The lowest BCUT2D eigenvalue weighted by molar-refractivity contribution is -0.140. The lowest BCUT2D eigenvalue weighted by Crippen LogP contribution is -2.53. The van der Waals surface area contributed by atoms with Gasteiger partial charge in [-0.15, -0.1) is 0 Å². The summed E-state index contributed by atoms with van der Waals surface area (Å²) in [5.41, 5.74) is 0.688. The van der Waals surface area contributed by atoms with E-state index in [9.17, 15) is 18.0 Å². The average molecular weight is 669 g/mol. The minimum atomic E-state index is -4.22. The number of nitrogens with one attached hydrogen (secondary N) is 1. The Hall–Kier alpha value is -4.05. The molecule has 11 heteroatoms. The highest BCUT2D eigenvalue weighted by Crippen LogP contribution is 2.30. The van der Waals surface area contributed by atoms with Crippen molar-refractivity contribution in [1.29, 1.82) is 0 Å². The van der Waals surface area contributed by atoms with Crippen molar-refractivity contribution in [3.63, 3.8) is 0 Å². The van der Waals surface area contributed by atoms with E-state index in [0.29, 0.717) is 27.1 Å². The Labute approximate surface area is 274 Å². The van der Waals surface area contributed by atoms with Gasteiger partial charge in [0, 0.05) is 28.2 Å². The van der Waals surface area contributed by atoms with Crippen molar-refractivity contribution in [3.8, 4) is 11.5 Å². The minimum absolute atomic E-state index is 0.00713. The van der Waals surface area contributed by atoms with Crippen LogP contribution in [-0.2, 0) is 26.2 Å². The van der Waals surface area contributed by atoms with Crippen molar-refractivity contribution in [1.82, 2.24) is 10.2 Å². The van der Waals surface area contributed by atoms with Gasteiger partial charge in [-0.2, -0.15) is 0 Å². The van der Waals surface area contributed by atoms with Gasteiger partial charge in [0.05, 0.1) is 10.6 Å². The fraction of sp³-hybridized carbons (Fsp3) is 0.235. The van der Waals surface area contributed by atoms with Crippen molar-refractivity contribution in [2.75, 3.05) is 10.8 Å². The molecule has 0 saturated heterocycles. The maximum Gasteiger partial charge on any atom is 0.264 e. The second-order valence-corrected chi connectivity index (χ2v) is 13.2. The molecule has 0 spiro atoms. The van der Waals surface area contributed by atoms with Crippen LogP contribution in [0, 0.1) is 0 Å². The van der Waals surface area contributed by atoms with Crippen LogP contribution < -0.4 is 14.4 Å². The topological polar surface area (TPSA) is 96.0 Å². The number of sulfonamides is 1. The number of carbonyl (C=O) groups is 2. The van der Waals surface area contributed by atoms with Crippen LogP contribution in [-0.4, -0.2) is 43.8 Å². The molecule has 0 radical (unpaired) electrons. The minimum Gasteiger partial charge on any atom is -0.457 e. The Morgan fingerprint density at radius 3 is 1.91 bits per heavy atom. The number of para-hydroxylation sites is 1. The predicted molar refractivity (Wildman–Crippen MR) is 178 cm³/mol. The number of benzene rings is 4. The van der Waals surface area contributed by atoms with Gasteiger partial charge in [-0.1, -0.05) is 72.6 Å². The molecule has 1 N–H and O–H groups in total. The Morgan fingerprint density at radius 1 is 0.800 bits per heavy atom. The van der Waals surface area contributed by atoms with E-state index in [0.717, 1.165) is 4.31 Å². The van der Waals surface area contributed by atoms with Gasteiger partial charge in [-0.3, -0.25) is 13.9 Å². The molecule has 45 heavy (non-hydrogen) atoms. The van der Waals surface area contributed by atoms with Gasteiger partial charge in [-0.25, -0.2) is 8.42 Å². The Morgan fingerprint density at radius 2 is 1.36 bits per heavy atom. The molecule has 0 aliphatic rings. The van der Waals surface area contributed by atoms with E-state index in [1.54, 1.807) is 79.7 Å². The third-order valence-electron chi connectivity index (χ3n) is 6.92. The lowest BCUT2D eigenvalue weighted by atomic mass is 10.1. The fourth-order valence-corrected chi connectivity index (χ4v) is 6.66. The molecule has 4 aromatic carbocycles. The van der Waals surface area contributed by atoms with Gasteiger partial charge in [0.25, 0.3) is 10.0 Å². The van der Waals surface area contributed by atoms with Crippen LogP contribution in [0.15, 0.2) is 108 Å². The maximum absolute atomic E-state index is 14.3. The van der Waals surface area contributed by atoms with E-state index in [2.05, 4.69) is 5.32 Å². The van der Waals surface area contributed by atoms with Crippen LogP contribution in [0.5, 0.6) is 11.5 Å². The van der Waals surface area contributed by atoms with Crippen LogP contribution in [0.2, 0.25) is 10.0 Å². The highest BCUT2D eigenvalue weighted by atomic mass is 35.5. The number of amides is 2. The molecule has 8 nitrogen and oxygen atoms in total. The molecule has 1 atom stereocenters. The first kappa shape index (κ1) is 33.8. The fourth-order valence-electron chi connectivity index (χ4n) is 4.71. The van der Waals surface area contributed by atoms with Crippen molar-refractivity contribution in [3.05, 3.63) is 119 Å². The van der Waals surface area contributed by atoms with Gasteiger partial charge in [0.1, 0.15) is 24.1 Å². The van der Waals surface area contributed by atoms with Gasteiger partial charge >= 0.3 is 0 Å². The molecule has 0 unspecified atom stereocenters. The normalized spacial score (nSPS) is 12.0. The van der Waals surface area contributed by atoms with Crippen molar-refractivity contribution < 1.29 is 22.7 Å². The molecule has 0 bridgehead atoms. The number of hydrogen-bond donors (Lipinski definition) is 1. The van der Waals surface area contributed by atoms with Crippen LogP contribution in [0.1, 0.15) is 32.8 Å². The molecular weight excluding hydrogens is 633 g/mol. The van der Waals surface area contributed by atoms with E-state index in [1.165, 1.54) is 17.0 Å². The van der Waals surface area contributed by atoms with Crippen molar-refractivity contribution in [2.24, 2.45) is 0 Å². The first-order chi connectivity index (χ1) is 21.5. The van der Waals surface area contributed by atoms with E-state index < -0.39 is 28.5 Å². The smallest absolute Gasteiger partial charge is 0.264 e. The molecule has 4 rings (SSSR count). The highest BCUT2D eigenvalue weighted by molar-refractivity contribution is 7.92. The molecule has 236 valence electrons. The summed E-state index contributed by atoms with van der Waals surface area (Å²) in [5.74, 6) is 0.123. The Kier molecular flexibility index (Phi) is 11.5. The quantitative estimate of drug-likeness (QED) is 0.161. The number of ether oxygens (including phenoxy) is 1. The summed E-state index contributed by atoms with van der Waals surface area (Å²) in [4.78, 5) is 28.9. The Bertz CT molecular complexity index is 1680. The summed E-state index contributed by atoms with van der Waals surface area (Å²) < 4.78 is 35.0. The summed E-state index contributed by atoms with van der Waals surface area (Å²) in [6.45, 7) is 4.72. The van der Waals surface area contributed by atoms with E-state index in [-0.39, 0.29) is 35.5 Å². The zero-order valence-corrected chi connectivity index (χ0v) is 27.5. The molecule has 4 aromatic rings. The molecule has 2 amide bonds.